The monoisotopic (exact) mass is 417 g/mol. The summed E-state index contributed by atoms with van der Waals surface area (Å²) in [5, 5.41) is 6.44. The topological polar surface area (TPSA) is 45.7 Å². The van der Waals surface area contributed by atoms with Crippen molar-refractivity contribution in [3.05, 3.63) is 42.5 Å². The number of halogens is 1. The average Bonchev–Trinajstić information content (AvgIpc) is 2.50. The zero-order valence-corrected chi connectivity index (χ0v) is 16.3. The minimum absolute atomic E-state index is 0. The number of hydrogen-bond acceptors (Lipinski definition) is 2. The molecule has 0 spiro atoms. The van der Waals surface area contributed by atoms with Gasteiger partial charge in [0.05, 0.1) is 13.7 Å². The molecule has 4 nitrogen and oxygen atoms in total. The molecule has 5 heteroatoms. The van der Waals surface area contributed by atoms with E-state index in [1.165, 1.54) is 5.56 Å². The Morgan fingerprint density at radius 2 is 2.09 bits per heavy atom. The summed E-state index contributed by atoms with van der Waals surface area (Å²) in [4.78, 5) is 4.66. The summed E-state index contributed by atoms with van der Waals surface area (Å²) in [5.74, 6) is 1.69. The fourth-order valence-corrected chi connectivity index (χ4v) is 1.92. The number of nitrogens with one attached hydrogen (secondary N) is 2. The molecule has 1 aromatic carbocycles. The molecule has 0 amide bonds. The lowest BCUT2D eigenvalue weighted by Gasteiger charge is -2.24. The first-order valence-electron chi connectivity index (χ1n) is 7.31. The van der Waals surface area contributed by atoms with Crippen LogP contribution in [0.3, 0.4) is 0 Å². The predicted octanol–water partition coefficient (Wildman–Crippen LogP) is 3.33. The molecular formula is C17H28IN3O. The van der Waals surface area contributed by atoms with E-state index in [0.717, 1.165) is 18.3 Å². The van der Waals surface area contributed by atoms with Crippen LogP contribution in [0.4, 0.5) is 0 Å². The van der Waals surface area contributed by atoms with Gasteiger partial charge < -0.3 is 15.4 Å². The Hall–Kier alpha value is -1.24. The maximum Gasteiger partial charge on any atom is 0.191 e. The third-order valence-electron chi connectivity index (χ3n) is 3.24. The van der Waals surface area contributed by atoms with E-state index in [2.05, 4.69) is 55.1 Å². The lowest BCUT2D eigenvalue weighted by molar-refractivity contribution is 0.412. The second-order valence-electron chi connectivity index (χ2n) is 5.48. The molecule has 0 fully saturated rings. The van der Waals surface area contributed by atoms with Gasteiger partial charge in [-0.15, -0.1) is 30.6 Å². The van der Waals surface area contributed by atoms with Crippen LogP contribution in [0.25, 0.3) is 0 Å². The number of hydrogen-bond donors (Lipinski definition) is 2. The second kappa shape index (κ2) is 10.5. The quantitative estimate of drug-likeness (QED) is 0.310. The van der Waals surface area contributed by atoms with Gasteiger partial charge in [0, 0.05) is 18.5 Å². The van der Waals surface area contributed by atoms with Crippen molar-refractivity contribution < 1.29 is 4.74 Å². The van der Waals surface area contributed by atoms with Gasteiger partial charge in [0.15, 0.2) is 5.96 Å². The summed E-state index contributed by atoms with van der Waals surface area (Å²) in [6.45, 7) is 12.4. The summed E-state index contributed by atoms with van der Waals surface area (Å²) >= 11 is 0. The van der Waals surface area contributed by atoms with Crippen LogP contribution in [0.2, 0.25) is 0 Å². The zero-order valence-electron chi connectivity index (χ0n) is 14.0. The maximum atomic E-state index is 5.30. The van der Waals surface area contributed by atoms with E-state index in [9.17, 15) is 0 Å². The van der Waals surface area contributed by atoms with E-state index in [1.807, 2.05) is 18.2 Å². The molecule has 0 radical (unpaired) electrons. The highest BCUT2D eigenvalue weighted by atomic mass is 127. The van der Waals surface area contributed by atoms with Crippen molar-refractivity contribution in [1.82, 2.24) is 10.6 Å². The number of guanidine groups is 1. The fourth-order valence-electron chi connectivity index (χ4n) is 1.92. The molecule has 0 aliphatic heterocycles. The third kappa shape index (κ3) is 6.68. The molecule has 0 saturated heterocycles. The van der Waals surface area contributed by atoms with Crippen LogP contribution in [0, 0.1) is 0 Å². The highest BCUT2D eigenvalue weighted by Gasteiger charge is 2.21. The van der Waals surface area contributed by atoms with Crippen molar-refractivity contribution in [3.63, 3.8) is 0 Å². The van der Waals surface area contributed by atoms with Gasteiger partial charge in [-0.3, -0.25) is 4.99 Å². The maximum absolute atomic E-state index is 5.30. The molecule has 0 saturated carbocycles. The molecular weight excluding hydrogens is 389 g/mol. The highest BCUT2D eigenvalue weighted by Crippen LogP contribution is 2.26. The van der Waals surface area contributed by atoms with Crippen LogP contribution in [0.1, 0.15) is 26.3 Å². The second-order valence-corrected chi connectivity index (χ2v) is 5.48. The molecule has 0 unspecified atom stereocenters. The van der Waals surface area contributed by atoms with Gasteiger partial charge in [0.1, 0.15) is 5.75 Å². The minimum Gasteiger partial charge on any atom is -0.497 e. The van der Waals surface area contributed by atoms with Gasteiger partial charge in [-0.2, -0.15) is 0 Å². The van der Waals surface area contributed by atoms with Gasteiger partial charge in [0.25, 0.3) is 0 Å². The molecule has 0 heterocycles. The van der Waals surface area contributed by atoms with Crippen LogP contribution < -0.4 is 15.4 Å². The van der Waals surface area contributed by atoms with Gasteiger partial charge in [0.2, 0.25) is 0 Å². The Bertz CT molecular complexity index is 487. The van der Waals surface area contributed by atoms with E-state index >= 15 is 0 Å². The number of rotatable bonds is 7. The summed E-state index contributed by atoms with van der Waals surface area (Å²) in [6.07, 6.45) is 1.82. The molecule has 0 atom stereocenters. The number of ether oxygens (including phenoxy) is 1. The lowest BCUT2D eigenvalue weighted by Crippen LogP contribution is -2.38. The highest BCUT2D eigenvalue weighted by molar-refractivity contribution is 14.0. The van der Waals surface area contributed by atoms with Gasteiger partial charge in [-0.05, 0) is 24.6 Å². The smallest absolute Gasteiger partial charge is 0.191 e. The molecule has 2 N–H and O–H groups in total. The largest absolute Gasteiger partial charge is 0.497 e. The normalized spacial score (nSPS) is 11.4. The Labute approximate surface area is 151 Å². The fraction of sp³-hybridized carbons (Fsp3) is 0.471. The molecule has 0 aliphatic carbocycles. The van der Waals surface area contributed by atoms with Crippen molar-refractivity contribution in [3.8, 4) is 5.75 Å². The minimum atomic E-state index is -0.0644. The van der Waals surface area contributed by atoms with E-state index in [0.29, 0.717) is 13.1 Å². The van der Waals surface area contributed by atoms with E-state index in [4.69, 9.17) is 4.74 Å². The van der Waals surface area contributed by atoms with Crippen LogP contribution in [0.5, 0.6) is 5.75 Å². The van der Waals surface area contributed by atoms with Crippen molar-refractivity contribution in [2.24, 2.45) is 4.99 Å². The van der Waals surface area contributed by atoms with Gasteiger partial charge in [-0.25, -0.2) is 0 Å². The molecule has 0 aromatic heterocycles. The molecule has 1 rings (SSSR count). The third-order valence-corrected chi connectivity index (χ3v) is 3.24. The van der Waals surface area contributed by atoms with Crippen LogP contribution >= 0.6 is 24.0 Å². The SMILES string of the molecule is C=CCNC(=NCC(C)(C)c1cccc(OC)c1)NCC.I. The molecule has 1 aromatic rings. The molecule has 22 heavy (non-hydrogen) atoms. The first-order valence-corrected chi connectivity index (χ1v) is 7.31. The number of methoxy groups -OCH3 is 1. The van der Waals surface area contributed by atoms with E-state index < -0.39 is 0 Å². The number of nitrogens with zero attached hydrogens (tertiary/aromatic N) is 1. The number of benzene rings is 1. The Kier molecular flexibility index (Phi) is 9.89. The first kappa shape index (κ1) is 20.8. The summed E-state index contributed by atoms with van der Waals surface area (Å²) in [6, 6.07) is 8.15. The summed E-state index contributed by atoms with van der Waals surface area (Å²) < 4.78 is 5.30. The summed E-state index contributed by atoms with van der Waals surface area (Å²) in [7, 11) is 1.69. The molecule has 124 valence electrons. The Balaban J connectivity index is 0.00000441. The van der Waals surface area contributed by atoms with Crippen LogP contribution in [0.15, 0.2) is 41.9 Å². The standard InChI is InChI=1S/C17H27N3O.HI/c1-6-11-19-16(18-7-2)20-13-17(3,4)14-9-8-10-15(12-14)21-5;/h6,8-10,12H,1,7,11,13H2,2-5H3,(H2,18,19,20);1H. The molecule has 0 bridgehead atoms. The zero-order chi connectivity index (χ0) is 15.7. The molecule has 0 aliphatic rings. The van der Waals surface area contributed by atoms with Crippen LogP contribution in [-0.4, -0.2) is 32.7 Å². The first-order chi connectivity index (χ1) is 10.0. The Morgan fingerprint density at radius 1 is 1.36 bits per heavy atom. The Morgan fingerprint density at radius 3 is 2.68 bits per heavy atom. The van der Waals surface area contributed by atoms with Crippen molar-refractivity contribution >= 4 is 29.9 Å². The number of aliphatic imine (C=N–C) groups is 1. The lowest BCUT2D eigenvalue weighted by atomic mass is 9.85. The van der Waals surface area contributed by atoms with Crippen molar-refractivity contribution in [2.45, 2.75) is 26.2 Å². The van der Waals surface area contributed by atoms with Crippen LogP contribution in [-0.2, 0) is 5.41 Å². The van der Waals surface area contributed by atoms with Crippen molar-refractivity contribution in [2.75, 3.05) is 26.7 Å². The van der Waals surface area contributed by atoms with Gasteiger partial charge >= 0.3 is 0 Å². The summed E-state index contributed by atoms with van der Waals surface area (Å²) in [5.41, 5.74) is 1.15. The van der Waals surface area contributed by atoms with E-state index in [-0.39, 0.29) is 29.4 Å². The predicted molar refractivity (Wildman–Crippen MR) is 106 cm³/mol. The van der Waals surface area contributed by atoms with Crippen molar-refractivity contribution in [1.29, 1.82) is 0 Å². The van der Waals surface area contributed by atoms with E-state index in [1.54, 1.807) is 7.11 Å². The average molecular weight is 417 g/mol. The van der Waals surface area contributed by atoms with Gasteiger partial charge in [-0.1, -0.05) is 32.1 Å².